The first-order chi connectivity index (χ1) is 13.2. The molecule has 2 aromatic carbocycles. The van der Waals surface area contributed by atoms with Crippen molar-refractivity contribution in [3.8, 4) is 5.75 Å². The van der Waals surface area contributed by atoms with E-state index in [-0.39, 0.29) is 12.1 Å². The lowest BCUT2D eigenvalue weighted by Crippen LogP contribution is -2.43. The molecule has 0 aliphatic carbocycles. The van der Waals surface area contributed by atoms with Crippen LogP contribution >= 0.6 is 0 Å². The van der Waals surface area contributed by atoms with Gasteiger partial charge in [-0.3, -0.25) is 4.79 Å². The Bertz CT molecular complexity index is 760. The summed E-state index contributed by atoms with van der Waals surface area (Å²) in [5.74, 6) is 0.954. The number of carbonyl (C=O) groups is 1. The number of amides is 1. The average molecular weight is 367 g/mol. The number of anilines is 1. The molecule has 4 nitrogen and oxygen atoms in total. The van der Waals surface area contributed by atoms with Gasteiger partial charge in [-0.2, -0.15) is 0 Å². The second-order valence-corrected chi connectivity index (χ2v) is 7.07. The van der Waals surface area contributed by atoms with Crippen molar-refractivity contribution < 1.29 is 9.53 Å². The number of rotatable bonds is 9. The number of ether oxygens (including phenoxy) is 1. The molecule has 0 saturated carbocycles. The van der Waals surface area contributed by atoms with E-state index in [1.165, 1.54) is 19.3 Å². The molecule has 3 rings (SSSR count). The second-order valence-electron chi connectivity index (χ2n) is 7.07. The highest BCUT2D eigenvalue weighted by atomic mass is 16.5. The maximum atomic E-state index is 13.0. The van der Waals surface area contributed by atoms with Crippen LogP contribution in [0.25, 0.3) is 0 Å². The monoisotopic (exact) mass is 366 g/mol. The number of nitrogens with one attached hydrogen (secondary N) is 1. The van der Waals surface area contributed by atoms with Gasteiger partial charge in [-0.05, 0) is 42.7 Å². The van der Waals surface area contributed by atoms with E-state index in [0.29, 0.717) is 6.54 Å². The lowest BCUT2D eigenvalue weighted by atomic mass is 10.0. The zero-order valence-corrected chi connectivity index (χ0v) is 16.4. The van der Waals surface area contributed by atoms with Crippen LogP contribution in [0, 0.1) is 0 Å². The maximum absolute atomic E-state index is 13.0. The van der Waals surface area contributed by atoms with Gasteiger partial charge in [0.15, 0.2) is 0 Å². The van der Waals surface area contributed by atoms with Gasteiger partial charge in [-0.1, -0.05) is 57.4 Å². The molecule has 1 N–H and O–H groups in total. The Morgan fingerprint density at radius 3 is 2.67 bits per heavy atom. The highest BCUT2D eigenvalue weighted by molar-refractivity contribution is 6.01. The molecular formula is C23H30N2O2. The van der Waals surface area contributed by atoms with Crippen LogP contribution in [0.15, 0.2) is 48.5 Å². The molecule has 1 atom stereocenters. The molecule has 1 aliphatic rings. The van der Waals surface area contributed by atoms with E-state index in [1.807, 2.05) is 41.3 Å². The predicted molar refractivity (Wildman–Crippen MR) is 110 cm³/mol. The smallest absolute Gasteiger partial charge is 0.257 e. The van der Waals surface area contributed by atoms with Crippen molar-refractivity contribution in [1.29, 1.82) is 0 Å². The van der Waals surface area contributed by atoms with Crippen LogP contribution in [-0.4, -0.2) is 24.0 Å². The van der Waals surface area contributed by atoms with E-state index in [1.54, 1.807) is 0 Å². The summed E-state index contributed by atoms with van der Waals surface area (Å²) in [6, 6.07) is 15.8. The summed E-state index contributed by atoms with van der Waals surface area (Å²) in [6.07, 6.45) is 5.51. The molecule has 1 heterocycles. The molecule has 0 bridgehead atoms. The van der Waals surface area contributed by atoms with Gasteiger partial charge in [0.25, 0.3) is 5.91 Å². The van der Waals surface area contributed by atoms with Gasteiger partial charge < -0.3 is 15.0 Å². The number of hydrogen-bond acceptors (Lipinski definition) is 3. The first-order valence-electron chi connectivity index (χ1n) is 10.1. The summed E-state index contributed by atoms with van der Waals surface area (Å²) >= 11 is 0. The van der Waals surface area contributed by atoms with Crippen molar-refractivity contribution in [2.24, 2.45) is 0 Å². The van der Waals surface area contributed by atoms with E-state index >= 15 is 0 Å². The van der Waals surface area contributed by atoms with Crippen molar-refractivity contribution in [1.82, 2.24) is 4.90 Å². The Hall–Kier alpha value is -2.49. The molecule has 0 radical (unpaired) electrons. The number of para-hydroxylation sites is 1. The van der Waals surface area contributed by atoms with E-state index in [9.17, 15) is 4.79 Å². The summed E-state index contributed by atoms with van der Waals surface area (Å²) in [7, 11) is 0. The fourth-order valence-electron chi connectivity index (χ4n) is 3.52. The summed E-state index contributed by atoms with van der Waals surface area (Å²) in [5.41, 5.74) is 2.69. The van der Waals surface area contributed by atoms with Crippen molar-refractivity contribution in [3.63, 3.8) is 0 Å². The van der Waals surface area contributed by atoms with Crippen LogP contribution in [0.2, 0.25) is 0 Å². The lowest BCUT2D eigenvalue weighted by molar-refractivity contribution is 0.0683. The van der Waals surface area contributed by atoms with Gasteiger partial charge in [0.05, 0.1) is 12.2 Å². The zero-order valence-electron chi connectivity index (χ0n) is 16.4. The highest BCUT2D eigenvalue weighted by Crippen LogP contribution is 2.34. The molecule has 2 aromatic rings. The van der Waals surface area contributed by atoms with Crippen LogP contribution < -0.4 is 10.1 Å². The molecule has 0 fully saturated rings. The molecule has 0 saturated heterocycles. The van der Waals surface area contributed by atoms with Gasteiger partial charge in [0, 0.05) is 12.2 Å². The third kappa shape index (κ3) is 4.62. The molecule has 144 valence electrons. The first-order valence-corrected chi connectivity index (χ1v) is 10.1. The average Bonchev–Trinajstić information content (AvgIpc) is 2.70. The minimum Gasteiger partial charge on any atom is -0.494 e. The van der Waals surface area contributed by atoms with Crippen LogP contribution in [0.1, 0.15) is 68.0 Å². The molecule has 0 spiro atoms. The van der Waals surface area contributed by atoms with Crippen LogP contribution in [0.4, 0.5) is 5.69 Å². The van der Waals surface area contributed by atoms with Gasteiger partial charge in [-0.15, -0.1) is 0 Å². The number of hydrogen-bond donors (Lipinski definition) is 1. The summed E-state index contributed by atoms with van der Waals surface area (Å²) in [6.45, 7) is 5.76. The summed E-state index contributed by atoms with van der Waals surface area (Å²) < 4.78 is 5.94. The quantitative estimate of drug-likeness (QED) is 0.585. The number of nitrogens with zero attached hydrogens (tertiary/aromatic N) is 1. The van der Waals surface area contributed by atoms with E-state index in [2.05, 4.69) is 31.3 Å². The number of unbranched alkanes of at least 4 members (excludes halogenated alkanes) is 3. The largest absolute Gasteiger partial charge is 0.494 e. The Morgan fingerprint density at radius 1 is 1.00 bits per heavy atom. The van der Waals surface area contributed by atoms with Crippen LogP contribution in [0.5, 0.6) is 5.75 Å². The van der Waals surface area contributed by atoms with E-state index in [0.717, 1.165) is 42.0 Å². The minimum absolute atomic E-state index is 0.0853. The van der Waals surface area contributed by atoms with Gasteiger partial charge in [0.2, 0.25) is 0 Å². The first kappa shape index (κ1) is 19.3. The number of carbonyl (C=O) groups excluding carboxylic acids is 1. The predicted octanol–water partition coefficient (Wildman–Crippen LogP) is 5.62. The van der Waals surface area contributed by atoms with E-state index < -0.39 is 0 Å². The fraction of sp³-hybridized carbons (Fsp3) is 0.435. The second kappa shape index (κ2) is 9.45. The van der Waals surface area contributed by atoms with Gasteiger partial charge in [0.1, 0.15) is 11.9 Å². The molecule has 1 aliphatic heterocycles. The van der Waals surface area contributed by atoms with E-state index in [4.69, 9.17) is 4.74 Å². The summed E-state index contributed by atoms with van der Waals surface area (Å²) in [5, 5.41) is 3.54. The molecule has 0 aromatic heterocycles. The lowest BCUT2D eigenvalue weighted by Gasteiger charge is -2.38. The molecule has 1 amide bonds. The van der Waals surface area contributed by atoms with Gasteiger partial charge >= 0.3 is 0 Å². The third-order valence-corrected chi connectivity index (χ3v) is 4.93. The van der Waals surface area contributed by atoms with Crippen molar-refractivity contribution in [2.45, 2.75) is 52.1 Å². The fourth-order valence-corrected chi connectivity index (χ4v) is 3.52. The highest BCUT2D eigenvalue weighted by Gasteiger charge is 2.32. The molecule has 1 unspecified atom stereocenters. The zero-order chi connectivity index (χ0) is 19.1. The molecule has 27 heavy (non-hydrogen) atoms. The Kier molecular flexibility index (Phi) is 6.74. The summed E-state index contributed by atoms with van der Waals surface area (Å²) in [4.78, 5) is 14.9. The SMILES string of the molecule is CCCCCCOc1cccc(C2Nc3ccccc3C(=O)N2CCC)c1. The van der Waals surface area contributed by atoms with Crippen molar-refractivity contribution >= 4 is 11.6 Å². The topological polar surface area (TPSA) is 41.6 Å². The maximum Gasteiger partial charge on any atom is 0.257 e. The Morgan fingerprint density at radius 2 is 1.85 bits per heavy atom. The number of fused-ring (bicyclic) bond motifs is 1. The van der Waals surface area contributed by atoms with Crippen molar-refractivity contribution in [2.75, 3.05) is 18.5 Å². The number of benzene rings is 2. The molecule has 4 heteroatoms. The Labute approximate surface area is 162 Å². The van der Waals surface area contributed by atoms with Crippen LogP contribution in [0.3, 0.4) is 0 Å². The normalized spacial score (nSPS) is 16.0. The third-order valence-electron chi connectivity index (χ3n) is 4.93. The standard InChI is InChI=1S/C23H30N2O2/c1-3-5-6-9-16-27-19-12-10-11-18(17-19)22-24-21-14-8-7-13-20(21)23(26)25(22)15-4-2/h7-8,10-14,17,22,24H,3-6,9,15-16H2,1-2H3. The van der Waals surface area contributed by atoms with Gasteiger partial charge in [-0.25, -0.2) is 0 Å². The minimum atomic E-state index is -0.170. The molecular weight excluding hydrogens is 336 g/mol. The van der Waals surface area contributed by atoms with Crippen molar-refractivity contribution in [3.05, 3.63) is 59.7 Å². The Balaban J connectivity index is 1.77. The van der Waals surface area contributed by atoms with Crippen LogP contribution in [-0.2, 0) is 0 Å².